The zero-order valence-corrected chi connectivity index (χ0v) is 36.3. The Labute approximate surface area is 356 Å². The van der Waals surface area contributed by atoms with Gasteiger partial charge < -0.3 is 39.8 Å². The van der Waals surface area contributed by atoms with Gasteiger partial charge in [0.25, 0.3) is 5.91 Å². The van der Waals surface area contributed by atoms with E-state index in [-0.39, 0.29) is 53.0 Å². The maximum absolute atomic E-state index is 13.7. The molecule has 2 aliphatic heterocycles. The van der Waals surface area contributed by atoms with Crippen LogP contribution in [0.2, 0.25) is 5.02 Å². The first kappa shape index (κ1) is 42.5. The number of hydrogen-bond acceptors (Lipinski definition) is 9. The summed E-state index contributed by atoms with van der Waals surface area (Å²) in [4.78, 5) is 70.9. The second-order valence-electron chi connectivity index (χ2n) is 17.4. The van der Waals surface area contributed by atoms with Crippen LogP contribution in [0.3, 0.4) is 0 Å². The van der Waals surface area contributed by atoms with Crippen molar-refractivity contribution in [3.63, 3.8) is 0 Å². The van der Waals surface area contributed by atoms with E-state index in [4.69, 9.17) is 26.1 Å². The fourth-order valence-corrected chi connectivity index (χ4v) is 8.65. The van der Waals surface area contributed by atoms with E-state index in [2.05, 4.69) is 53.2 Å². The van der Waals surface area contributed by atoms with E-state index in [1.54, 1.807) is 36.4 Å². The summed E-state index contributed by atoms with van der Waals surface area (Å²) in [5.74, 6) is 1.93. The summed E-state index contributed by atoms with van der Waals surface area (Å²) in [7, 11) is 2.85. The first-order valence-corrected chi connectivity index (χ1v) is 21.0. The highest BCUT2D eigenvalue weighted by Gasteiger charge is 2.52. The largest absolute Gasteiger partial charge is 0.496 e. The highest BCUT2D eigenvalue weighted by Crippen LogP contribution is 2.52. The third-order valence-corrected chi connectivity index (χ3v) is 12.5. The number of aromatic nitrogens is 3. The third kappa shape index (κ3) is 8.79. The molecular formula is C45H55ClN8O6. The summed E-state index contributed by atoms with van der Waals surface area (Å²) >= 11 is 6.77. The molecule has 60 heavy (non-hydrogen) atoms. The van der Waals surface area contributed by atoms with Crippen LogP contribution in [-0.4, -0.2) is 101 Å². The van der Waals surface area contributed by atoms with Crippen molar-refractivity contribution >= 4 is 46.9 Å². The number of alkyl carbamates (subject to hydrolysis) is 1. The molecule has 0 spiro atoms. The van der Waals surface area contributed by atoms with Gasteiger partial charge in [0.1, 0.15) is 23.4 Å². The number of halogens is 1. The predicted molar refractivity (Wildman–Crippen MR) is 231 cm³/mol. The van der Waals surface area contributed by atoms with Crippen molar-refractivity contribution in [3.05, 3.63) is 77.3 Å². The highest BCUT2D eigenvalue weighted by molar-refractivity contribution is 6.34. The standard InChI is InChI=1S/C45H55ClN8O6/c1-25(2)39(51-44(58)60-8)43(57)54-23-26(3)17-36(54)40-48-22-35(49-40)29-11-9-28(10-12-29)31-18-33(46)34(19-37(31)59-7)50-41(55)30-13-14-38(47-21-30)53-16-15-52(24-27(53)4)42(56)32-20-45(32,5)6/h9-14,18-19,21-22,25-27,32,36,39H,15-17,20,23-24H2,1-8H3,(H,48,49)(H,50,55)(H,51,58)/t26-,27?,32+,36-,39-/m0/s1. The molecule has 4 heterocycles. The molecule has 1 unspecified atom stereocenters. The van der Waals surface area contributed by atoms with Crippen molar-refractivity contribution in [1.82, 2.24) is 30.1 Å². The molecule has 4 aromatic rings. The molecule has 1 aliphatic carbocycles. The van der Waals surface area contributed by atoms with E-state index in [0.29, 0.717) is 54.0 Å². The van der Waals surface area contributed by atoms with Gasteiger partial charge in [0, 0.05) is 67.7 Å². The molecule has 3 aliphatic rings. The number of ether oxygens (including phenoxy) is 2. The molecule has 2 aromatic carbocycles. The van der Waals surface area contributed by atoms with Gasteiger partial charge in [-0.05, 0) is 60.8 Å². The van der Waals surface area contributed by atoms with Crippen molar-refractivity contribution in [3.8, 4) is 28.1 Å². The minimum atomic E-state index is -0.723. The number of anilines is 2. The summed E-state index contributed by atoms with van der Waals surface area (Å²) in [5, 5.41) is 5.95. The van der Waals surface area contributed by atoms with Crippen molar-refractivity contribution in [2.45, 2.75) is 72.5 Å². The van der Waals surface area contributed by atoms with Gasteiger partial charge in [-0.1, -0.05) is 70.5 Å². The van der Waals surface area contributed by atoms with E-state index in [1.807, 2.05) is 55.3 Å². The second-order valence-corrected chi connectivity index (χ2v) is 17.8. The maximum atomic E-state index is 13.7. The number of pyridine rings is 1. The van der Waals surface area contributed by atoms with Gasteiger partial charge in [0.05, 0.1) is 42.2 Å². The molecule has 15 heteroatoms. The predicted octanol–water partition coefficient (Wildman–Crippen LogP) is 7.43. The topological polar surface area (TPSA) is 162 Å². The van der Waals surface area contributed by atoms with Gasteiger partial charge in [0.2, 0.25) is 11.8 Å². The number of nitrogens with zero attached hydrogens (tertiary/aromatic N) is 5. The molecule has 3 fully saturated rings. The van der Waals surface area contributed by atoms with E-state index in [1.165, 1.54) is 7.11 Å². The van der Waals surface area contributed by atoms with Crippen LogP contribution in [0.4, 0.5) is 16.3 Å². The van der Waals surface area contributed by atoms with Gasteiger partial charge in [0.15, 0.2) is 0 Å². The molecule has 2 saturated heterocycles. The molecule has 3 N–H and O–H groups in total. The minimum Gasteiger partial charge on any atom is -0.496 e. The Kier molecular flexibility index (Phi) is 12.1. The second kappa shape index (κ2) is 17.2. The van der Waals surface area contributed by atoms with Crippen LogP contribution in [0.25, 0.3) is 22.4 Å². The zero-order chi connectivity index (χ0) is 43.0. The molecule has 4 amide bonds. The first-order valence-electron chi connectivity index (χ1n) is 20.6. The number of aromatic amines is 1. The number of carbonyl (C=O) groups is 4. The van der Waals surface area contributed by atoms with Gasteiger partial charge in [-0.2, -0.15) is 0 Å². The summed E-state index contributed by atoms with van der Waals surface area (Å²) < 4.78 is 10.5. The number of hydrogen-bond donors (Lipinski definition) is 3. The Hall–Kier alpha value is -5.63. The van der Waals surface area contributed by atoms with Crippen molar-refractivity contribution in [2.24, 2.45) is 23.2 Å². The normalized spacial score (nSPS) is 21.4. The third-order valence-electron chi connectivity index (χ3n) is 12.2. The Bertz CT molecular complexity index is 2240. The van der Waals surface area contributed by atoms with Crippen molar-refractivity contribution in [1.29, 1.82) is 0 Å². The van der Waals surface area contributed by atoms with E-state index < -0.39 is 12.1 Å². The Morgan fingerprint density at radius 2 is 1.70 bits per heavy atom. The van der Waals surface area contributed by atoms with E-state index in [9.17, 15) is 19.2 Å². The lowest BCUT2D eigenvalue weighted by Crippen LogP contribution is -2.54. The lowest BCUT2D eigenvalue weighted by Gasteiger charge is -2.40. The van der Waals surface area contributed by atoms with E-state index >= 15 is 0 Å². The fraction of sp³-hybridized carbons (Fsp3) is 0.467. The average molecular weight is 839 g/mol. The summed E-state index contributed by atoms with van der Waals surface area (Å²) in [6.45, 7) is 14.8. The summed E-state index contributed by atoms with van der Waals surface area (Å²) in [6, 6.07) is 14.0. The molecule has 1 saturated carbocycles. The van der Waals surface area contributed by atoms with Gasteiger partial charge in [-0.15, -0.1) is 0 Å². The number of rotatable bonds is 11. The maximum Gasteiger partial charge on any atom is 0.407 e. The van der Waals surface area contributed by atoms with Crippen LogP contribution in [0.1, 0.15) is 76.6 Å². The summed E-state index contributed by atoms with van der Waals surface area (Å²) in [6.07, 6.45) is 4.44. The van der Waals surface area contributed by atoms with Crippen LogP contribution < -0.4 is 20.3 Å². The fourth-order valence-electron chi connectivity index (χ4n) is 8.44. The SMILES string of the molecule is COC(=O)N[C@H](C(=O)N1C[C@@H](C)C[C@H]1c1nc(-c2ccc(-c3cc(Cl)c(NC(=O)c4ccc(N5CCN(C(=O)[C@H]6CC6(C)C)CC5C)nc4)cc3OC)cc2)c[nH]1)C(C)C. The van der Waals surface area contributed by atoms with Gasteiger partial charge in [-0.3, -0.25) is 14.4 Å². The molecular weight excluding hydrogens is 784 g/mol. The molecule has 5 atom stereocenters. The molecule has 0 bridgehead atoms. The van der Waals surface area contributed by atoms with Gasteiger partial charge in [-0.25, -0.2) is 14.8 Å². The minimum absolute atomic E-state index is 0.0920. The molecule has 318 valence electrons. The molecule has 2 aromatic heterocycles. The Morgan fingerprint density at radius 3 is 2.32 bits per heavy atom. The van der Waals surface area contributed by atoms with Crippen LogP contribution in [-0.2, 0) is 14.3 Å². The lowest BCUT2D eigenvalue weighted by atomic mass is 10.0. The quantitative estimate of drug-likeness (QED) is 0.140. The average Bonchev–Trinajstić information content (AvgIpc) is 3.51. The number of H-pyrrole nitrogens is 1. The van der Waals surface area contributed by atoms with E-state index in [0.717, 1.165) is 41.0 Å². The number of carbonyl (C=O) groups excluding carboxylic acids is 4. The van der Waals surface area contributed by atoms with Crippen LogP contribution in [0.15, 0.2) is 60.9 Å². The number of likely N-dealkylation sites (tertiary alicyclic amines) is 1. The van der Waals surface area contributed by atoms with Crippen LogP contribution in [0.5, 0.6) is 5.75 Å². The Morgan fingerprint density at radius 1 is 0.983 bits per heavy atom. The number of nitrogens with one attached hydrogen (secondary N) is 3. The smallest absolute Gasteiger partial charge is 0.407 e. The number of amides is 4. The molecule has 0 radical (unpaired) electrons. The number of imidazole rings is 1. The number of piperazine rings is 1. The monoisotopic (exact) mass is 838 g/mol. The first-order chi connectivity index (χ1) is 28.6. The van der Waals surface area contributed by atoms with Crippen molar-refractivity contribution < 1.29 is 28.7 Å². The molecule has 14 nitrogen and oxygen atoms in total. The zero-order valence-electron chi connectivity index (χ0n) is 35.5. The summed E-state index contributed by atoms with van der Waals surface area (Å²) in [5.41, 5.74) is 4.07. The van der Waals surface area contributed by atoms with Crippen LogP contribution in [0, 0.1) is 23.2 Å². The molecule has 7 rings (SSSR count). The van der Waals surface area contributed by atoms with Gasteiger partial charge >= 0.3 is 6.09 Å². The van der Waals surface area contributed by atoms with Crippen molar-refractivity contribution in [2.75, 3.05) is 50.6 Å². The number of methoxy groups -OCH3 is 2. The van der Waals surface area contributed by atoms with Crippen LogP contribution >= 0.6 is 11.6 Å². The Balaban J connectivity index is 0.996. The number of benzene rings is 2. The lowest BCUT2D eigenvalue weighted by molar-refractivity contribution is -0.136. The highest BCUT2D eigenvalue weighted by atomic mass is 35.5.